The van der Waals surface area contributed by atoms with Gasteiger partial charge >= 0.3 is 6.18 Å². The van der Waals surface area contributed by atoms with Gasteiger partial charge in [-0.2, -0.15) is 13.2 Å². The fraction of sp³-hybridized carbons (Fsp3) is 0.273. The Kier molecular flexibility index (Phi) is 5.83. The lowest BCUT2D eigenvalue weighted by Gasteiger charge is -2.32. The van der Waals surface area contributed by atoms with Crippen molar-refractivity contribution in [2.24, 2.45) is 5.92 Å². The Morgan fingerprint density at radius 1 is 1.00 bits per heavy atom. The fourth-order valence-electron chi connectivity index (χ4n) is 3.61. The van der Waals surface area contributed by atoms with E-state index in [1.54, 1.807) is 12.4 Å². The SMILES string of the molecule is O=C(Nc1ccccc1C(F)(F)F)C1CCN(c2ccc(-c3cccnc3)nn2)CC1. The second kappa shape index (κ2) is 8.71. The van der Waals surface area contributed by atoms with Gasteiger partial charge in [-0.3, -0.25) is 9.78 Å². The molecule has 0 unspecified atom stereocenters. The largest absolute Gasteiger partial charge is 0.418 e. The molecule has 0 aliphatic carbocycles. The van der Waals surface area contributed by atoms with Crippen molar-refractivity contribution in [3.05, 3.63) is 66.5 Å². The molecule has 6 nitrogen and oxygen atoms in total. The molecule has 9 heteroatoms. The first kappa shape index (κ1) is 20.8. The van der Waals surface area contributed by atoms with E-state index in [1.807, 2.05) is 29.2 Å². The van der Waals surface area contributed by atoms with Crippen molar-refractivity contribution in [1.82, 2.24) is 15.2 Å². The van der Waals surface area contributed by atoms with Gasteiger partial charge in [0.15, 0.2) is 5.82 Å². The summed E-state index contributed by atoms with van der Waals surface area (Å²) in [6.07, 6.45) is -0.0793. The van der Waals surface area contributed by atoms with Crippen LogP contribution in [0.2, 0.25) is 0 Å². The number of piperidine rings is 1. The van der Waals surface area contributed by atoms with Crippen molar-refractivity contribution in [2.75, 3.05) is 23.3 Å². The number of benzene rings is 1. The first-order valence-electron chi connectivity index (χ1n) is 9.88. The van der Waals surface area contributed by atoms with Crippen LogP contribution in [0.1, 0.15) is 18.4 Å². The van der Waals surface area contributed by atoms with Crippen LogP contribution in [-0.4, -0.2) is 34.2 Å². The first-order chi connectivity index (χ1) is 14.9. The molecule has 1 aliphatic rings. The van der Waals surface area contributed by atoms with Gasteiger partial charge < -0.3 is 10.2 Å². The molecule has 0 atom stereocenters. The predicted molar refractivity (Wildman–Crippen MR) is 110 cm³/mol. The zero-order valence-corrected chi connectivity index (χ0v) is 16.5. The van der Waals surface area contributed by atoms with Crippen LogP contribution in [0.3, 0.4) is 0 Å². The zero-order valence-electron chi connectivity index (χ0n) is 16.5. The Balaban J connectivity index is 1.36. The third kappa shape index (κ3) is 4.82. The van der Waals surface area contributed by atoms with Crippen molar-refractivity contribution in [1.29, 1.82) is 0 Å². The van der Waals surface area contributed by atoms with Gasteiger partial charge in [0, 0.05) is 37.0 Å². The van der Waals surface area contributed by atoms with Gasteiger partial charge in [-0.1, -0.05) is 12.1 Å². The molecule has 0 saturated carbocycles. The number of carbonyl (C=O) groups is 1. The molecule has 160 valence electrons. The van der Waals surface area contributed by atoms with Gasteiger partial charge in [-0.25, -0.2) is 0 Å². The molecular weight excluding hydrogens is 407 g/mol. The van der Waals surface area contributed by atoms with E-state index >= 15 is 0 Å². The van der Waals surface area contributed by atoms with Crippen molar-refractivity contribution in [3.8, 4) is 11.3 Å². The Morgan fingerprint density at radius 3 is 2.42 bits per heavy atom. The lowest BCUT2D eigenvalue weighted by atomic mass is 9.95. The smallest absolute Gasteiger partial charge is 0.355 e. The quantitative estimate of drug-likeness (QED) is 0.668. The van der Waals surface area contributed by atoms with E-state index in [9.17, 15) is 18.0 Å². The third-order valence-corrected chi connectivity index (χ3v) is 5.29. The minimum absolute atomic E-state index is 0.209. The summed E-state index contributed by atoms with van der Waals surface area (Å²) in [6.45, 7) is 1.14. The van der Waals surface area contributed by atoms with E-state index in [1.165, 1.54) is 18.2 Å². The highest BCUT2D eigenvalue weighted by Gasteiger charge is 2.34. The number of halogens is 3. The zero-order chi connectivity index (χ0) is 21.8. The number of hydrogen-bond donors (Lipinski definition) is 1. The lowest BCUT2D eigenvalue weighted by molar-refractivity contribution is -0.137. The van der Waals surface area contributed by atoms with Crippen LogP contribution in [0.4, 0.5) is 24.7 Å². The maximum atomic E-state index is 13.1. The molecule has 4 rings (SSSR count). The average Bonchev–Trinajstić information content (AvgIpc) is 2.79. The summed E-state index contributed by atoms with van der Waals surface area (Å²) in [4.78, 5) is 18.7. The van der Waals surface area contributed by atoms with Crippen LogP contribution in [0.5, 0.6) is 0 Å². The van der Waals surface area contributed by atoms with Gasteiger partial charge in [-0.15, -0.1) is 10.2 Å². The number of hydrogen-bond acceptors (Lipinski definition) is 5. The minimum Gasteiger partial charge on any atom is -0.355 e. The van der Waals surface area contributed by atoms with E-state index < -0.39 is 17.6 Å². The molecule has 0 radical (unpaired) electrons. The highest BCUT2D eigenvalue weighted by molar-refractivity contribution is 5.93. The molecule has 31 heavy (non-hydrogen) atoms. The Labute approximate surface area is 177 Å². The van der Waals surface area contributed by atoms with Gasteiger partial charge in [0.2, 0.25) is 5.91 Å². The number of pyridine rings is 1. The molecule has 0 bridgehead atoms. The van der Waals surface area contributed by atoms with Crippen LogP contribution in [0.25, 0.3) is 11.3 Å². The van der Waals surface area contributed by atoms with E-state index in [4.69, 9.17) is 0 Å². The number of alkyl halides is 3. The van der Waals surface area contributed by atoms with E-state index in [2.05, 4.69) is 20.5 Å². The third-order valence-electron chi connectivity index (χ3n) is 5.29. The summed E-state index contributed by atoms with van der Waals surface area (Å²) < 4.78 is 39.4. The van der Waals surface area contributed by atoms with Gasteiger partial charge in [-0.05, 0) is 49.2 Å². The van der Waals surface area contributed by atoms with Crippen LogP contribution < -0.4 is 10.2 Å². The van der Waals surface area contributed by atoms with E-state index in [0.29, 0.717) is 31.7 Å². The fourth-order valence-corrected chi connectivity index (χ4v) is 3.61. The summed E-state index contributed by atoms with van der Waals surface area (Å²) in [5.41, 5.74) is 0.537. The average molecular weight is 427 g/mol. The maximum absolute atomic E-state index is 13.1. The highest BCUT2D eigenvalue weighted by Crippen LogP contribution is 2.35. The lowest BCUT2D eigenvalue weighted by Crippen LogP contribution is -2.38. The van der Waals surface area contributed by atoms with Crippen molar-refractivity contribution in [2.45, 2.75) is 19.0 Å². The Hall–Kier alpha value is -3.49. The number of anilines is 2. The van der Waals surface area contributed by atoms with Crippen molar-refractivity contribution < 1.29 is 18.0 Å². The van der Waals surface area contributed by atoms with Crippen LogP contribution in [-0.2, 0) is 11.0 Å². The molecule has 1 N–H and O–H groups in total. The molecule has 2 aromatic heterocycles. The summed E-state index contributed by atoms with van der Waals surface area (Å²) in [7, 11) is 0. The number of rotatable bonds is 4. The first-order valence-corrected chi connectivity index (χ1v) is 9.88. The molecule has 1 amide bonds. The van der Waals surface area contributed by atoms with Gasteiger partial charge in [0.1, 0.15) is 0 Å². The molecule has 3 aromatic rings. The normalized spacial score (nSPS) is 15.0. The standard InChI is InChI=1S/C22H20F3N5O/c23-22(24,25)17-5-1-2-6-19(17)27-21(31)15-9-12-30(13-10-15)20-8-7-18(28-29-20)16-4-3-11-26-14-16/h1-8,11,14-15H,9-10,12-13H2,(H,27,31). The highest BCUT2D eigenvalue weighted by atomic mass is 19.4. The second-order valence-electron chi connectivity index (χ2n) is 7.31. The number of nitrogens with one attached hydrogen (secondary N) is 1. The van der Waals surface area contributed by atoms with Gasteiger partial charge in [0.25, 0.3) is 0 Å². The second-order valence-corrected chi connectivity index (χ2v) is 7.31. The molecule has 1 aromatic carbocycles. The number of aromatic nitrogens is 3. The Morgan fingerprint density at radius 2 is 1.77 bits per heavy atom. The monoisotopic (exact) mass is 427 g/mol. The molecule has 3 heterocycles. The predicted octanol–water partition coefficient (Wildman–Crippen LogP) is 4.41. The molecule has 0 spiro atoms. The topological polar surface area (TPSA) is 71.0 Å². The van der Waals surface area contributed by atoms with Crippen molar-refractivity contribution >= 4 is 17.4 Å². The van der Waals surface area contributed by atoms with Crippen molar-refractivity contribution in [3.63, 3.8) is 0 Å². The summed E-state index contributed by atoms with van der Waals surface area (Å²) in [5, 5.41) is 11.0. The molecular formula is C22H20F3N5O. The number of amides is 1. The number of carbonyl (C=O) groups excluding carboxylic acids is 1. The van der Waals surface area contributed by atoms with Crippen LogP contribution >= 0.6 is 0 Å². The summed E-state index contributed by atoms with van der Waals surface area (Å²) in [5.74, 6) is -0.0524. The Bertz CT molecular complexity index is 1030. The molecule has 1 aliphatic heterocycles. The van der Waals surface area contributed by atoms with Crippen LogP contribution in [0.15, 0.2) is 60.9 Å². The summed E-state index contributed by atoms with van der Waals surface area (Å²) >= 11 is 0. The summed E-state index contributed by atoms with van der Waals surface area (Å²) in [6, 6.07) is 12.5. The van der Waals surface area contributed by atoms with E-state index in [0.717, 1.165) is 17.3 Å². The van der Waals surface area contributed by atoms with Gasteiger partial charge in [0.05, 0.1) is 16.9 Å². The minimum atomic E-state index is -4.52. The maximum Gasteiger partial charge on any atom is 0.418 e. The number of nitrogens with zero attached hydrogens (tertiary/aromatic N) is 4. The molecule has 1 fully saturated rings. The van der Waals surface area contributed by atoms with Crippen LogP contribution in [0, 0.1) is 5.92 Å². The van der Waals surface area contributed by atoms with E-state index in [-0.39, 0.29) is 11.6 Å². The number of para-hydroxylation sites is 1. The molecule has 1 saturated heterocycles.